The molecule has 0 unspecified atom stereocenters. The summed E-state index contributed by atoms with van der Waals surface area (Å²) in [5.41, 5.74) is -5.59. The van der Waals surface area contributed by atoms with Crippen LogP contribution in [0.2, 0.25) is 5.82 Å². The number of esters is 2. The summed E-state index contributed by atoms with van der Waals surface area (Å²) in [6.07, 6.45) is 0. The molecule has 0 aromatic carbocycles. The molecular weight excluding hydrogens is 546 g/mol. The Morgan fingerprint density at radius 1 is 1.09 bits per heavy atom. The minimum atomic E-state index is -5.85. The molecule has 0 aliphatic carbocycles. The fourth-order valence-electron chi connectivity index (χ4n) is 1.15. The van der Waals surface area contributed by atoms with Crippen molar-refractivity contribution >= 4 is 66.9 Å². The second kappa shape index (κ2) is 7.45. The number of methoxy groups -OCH3 is 2. The van der Waals surface area contributed by atoms with Gasteiger partial charge in [0.1, 0.15) is 0 Å². The van der Waals surface area contributed by atoms with Gasteiger partial charge in [-0.15, -0.1) is 0 Å². The molecule has 0 saturated heterocycles. The van der Waals surface area contributed by atoms with Gasteiger partial charge in [0.15, 0.2) is 0 Å². The Morgan fingerprint density at radius 2 is 1.48 bits per heavy atom. The van der Waals surface area contributed by atoms with Crippen molar-refractivity contribution in [1.82, 2.24) is 0 Å². The summed E-state index contributed by atoms with van der Waals surface area (Å²) in [6.45, 7) is 0. The molecule has 0 N–H and O–H groups in total. The normalized spacial score (nSPS) is 18.0. The molecule has 23 heavy (non-hydrogen) atoms. The van der Waals surface area contributed by atoms with Crippen LogP contribution in [0.4, 0.5) is 13.2 Å². The molecule has 0 atom stereocenters. The number of ether oxygens (including phenoxy) is 2. The van der Waals surface area contributed by atoms with Gasteiger partial charge in [0.25, 0.3) is 0 Å². The van der Waals surface area contributed by atoms with E-state index in [4.69, 9.17) is 0 Å². The Morgan fingerprint density at radius 3 is 1.74 bits per heavy atom. The van der Waals surface area contributed by atoms with Crippen LogP contribution >= 0.6 is 0 Å². The number of hydrogen-bond donors (Lipinski definition) is 0. The zero-order valence-corrected chi connectivity index (χ0v) is 17.6. The molecule has 1 rings (SSSR count). The van der Waals surface area contributed by atoms with Gasteiger partial charge < -0.3 is 0 Å². The molecule has 132 valence electrons. The Labute approximate surface area is 148 Å². The van der Waals surface area contributed by atoms with Crippen molar-refractivity contribution in [3.8, 4) is 0 Å². The molecule has 1 aliphatic rings. The topological polar surface area (TPSA) is 96.0 Å². The van der Waals surface area contributed by atoms with Crippen molar-refractivity contribution in [2.24, 2.45) is 0 Å². The zero-order valence-electron chi connectivity index (χ0n) is 11.6. The van der Waals surface area contributed by atoms with Crippen molar-refractivity contribution < 1.29 is 44.8 Å². The SMILES string of the molecule is COC(=O)C1=C(C(=O)OC)[Se]C(OS(=O)(=O)C(F)(F)F)([Se]C)[Se]1. The van der Waals surface area contributed by atoms with E-state index >= 15 is 0 Å². The Balaban J connectivity index is 3.24. The van der Waals surface area contributed by atoms with Gasteiger partial charge in [-0.2, -0.15) is 0 Å². The predicted molar refractivity (Wildman–Crippen MR) is 73.0 cm³/mol. The van der Waals surface area contributed by atoms with Crippen molar-refractivity contribution in [1.29, 1.82) is 0 Å². The van der Waals surface area contributed by atoms with E-state index in [-0.39, 0.29) is 8.94 Å². The molecule has 0 aromatic heterocycles. The summed E-state index contributed by atoms with van der Waals surface area (Å²) < 4.78 is 71.6. The first-order valence-electron chi connectivity index (χ1n) is 5.29. The van der Waals surface area contributed by atoms with Crippen LogP contribution in [-0.2, 0) is 33.4 Å². The average molecular weight is 555 g/mol. The van der Waals surface area contributed by atoms with Gasteiger partial charge in [0.05, 0.1) is 0 Å². The van der Waals surface area contributed by atoms with Crippen molar-refractivity contribution in [2.75, 3.05) is 14.2 Å². The molecule has 0 amide bonds. The van der Waals surface area contributed by atoms with E-state index in [0.717, 1.165) is 14.2 Å². The van der Waals surface area contributed by atoms with Crippen LogP contribution in [0.3, 0.4) is 0 Å². The van der Waals surface area contributed by atoms with Gasteiger partial charge in [-0.1, -0.05) is 0 Å². The van der Waals surface area contributed by atoms with E-state index in [2.05, 4.69) is 13.7 Å². The van der Waals surface area contributed by atoms with Crippen LogP contribution in [0.5, 0.6) is 0 Å². The summed E-state index contributed by atoms with van der Waals surface area (Å²) >= 11 is -3.03. The maximum atomic E-state index is 12.5. The Bertz CT molecular complexity index is 615. The molecule has 0 bridgehead atoms. The number of carbonyl (C=O) groups excluding carboxylic acids is 2. The second-order valence-electron chi connectivity index (χ2n) is 3.53. The summed E-state index contributed by atoms with van der Waals surface area (Å²) in [6, 6.07) is 0. The first-order chi connectivity index (χ1) is 10.4. The molecule has 14 heteroatoms. The first-order valence-corrected chi connectivity index (χ1v) is 12.7. The van der Waals surface area contributed by atoms with E-state index in [1.807, 2.05) is 0 Å². The van der Waals surface area contributed by atoms with Gasteiger partial charge in [0, 0.05) is 0 Å². The molecule has 0 saturated carbocycles. The van der Waals surface area contributed by atoms with E-state index in [1.54, 1.807) is 0 Å². The molecule has 0 spiro atoms. The standard InChI is InChI=1S/C9H9F3O7SSe3/c1-17-6(13)4-5(7(14)18-2)23-9(21-3,22-4)19-20(15,16)8(10,11)12/h1-3H3. The zero-order chi connectivity index (χ0) is 18.1. The summed E-state index contributed by atoms with van der Waals surface area (Å²) in [5.74, 6) is -0.352. The third-order valence-electron chi connectivity index (χ3n) is 2.15. The molecule has 0 aromatic rings. The van der Waals surface area contributed by atoms with E-state index in [9.17, 15) is 31.2 Å². The monoisotopic (exact) mass is 558 g/mol. The van der Waals surface area contributed by atoms with Gasteiger partial charge in [-0.05, 0) is 0 Å². The average Bonchev–Trinajstić information content (AvgIpc) is 2.84. The number of hydrogen-bond acceptors (Lipinski definition) is 7. The number of carbonyl (C=O) groups is 2. The van der Waals surface area contributed by atoms with Crippen LogP contribution < -0.4 is 0 Å². The van der Waals surface area contributed by atoms with Gasteiger partial charge >= 0.3 is 149 Å². The Hall–Kier alpha value is -0.0616. The first kappa shape index (κ1) is 21.0. The number of halogens is 3. The molecule has 0 radical (unpaired) electrons. The van der Waals surface area contributed by atoms with Crippen LogP contribution in [0.25, 0.3) is 0 Å². The summed E-state index contributed by atoms with van der Waals surface area (Å²) in [4.78, 5) is 23.5. The van der Waals surface area contributed by atoms with Gasteiger partial charge in [0.2, 0.25) is 0 Å². The predicted octanol–water partition coefficient (Wildman–Crippen LogP) is -0.804. The fraction of sp³-hybridized carbons (Fsp3) is 0.556. The van der Waals surface area contributed by atoms with Crippen molar-refractivity contribution in [3.63, 3.8) is 0 Å². The van der Waals surface area contributed by atoms with Crippen LogP contribution in [0, 0.1) is 0 Å². The molecule has 7 nitrogen and oxygen atoms in total. The minimum absolute atomic E-state index is 0.159. The van der Waals surface area contributed by atoms with E-state index in [1.165, 1.54) is 5.82 Å². The number of rotatable bonds is 5. The maximum absolute atomic E-state index is 12.5. The van der Waals surface area contributed by atoms with Crippen molar-refractivity contribution in [2.45, 2.75) is 13.6 Å². The fourth-order valence-corrected chi connectivity index (χ4v) is 13.9. The van der Waals surface area contributed by atoms with Crippen LogP contribution in [0.1, 0.15) is 0 Å². The molecule has 1 heterocycles. The van der Waals surface area contributed by atoms with Crippen LogP contribution in [-0.4, -0.2) is 87.3 Å². The second-order valence-corrected chi connectivity index (χ2v) is 16.0. The quantitative estimate of drug-likeness (QED) is 0.190. The summed E-state index contributed by atoms with van der Waals surface area (Å²) in [5, 5.41) is 0. The van der Waals surface area contributed by atoms with E-state index < -0.39 is 74.7 Å². The van der Waals surface area contributed by atoms with Crippen LogP contribution in [0.15, 0.2) is 8.94 Å². The van der Waals surface area contributed by atoms with Gasteiger partial charge in [-0.25, -0.2) is 0 Å². The van der Waals surface area contributed by atoms with Gasteiger partial charge in [-0.3, -0.25) is 0 Å². The van der Waals surface area contributed by atoms with E-state index in [0.29, 0.717) is 0 Å². The third kappa shape index (κ3) is 4.52. The molecular formula is C9H9F3O7SSe3. The Kier molecular flexibility index (Phi) is 6.79. The molecule has 1 aliphatic heterocycles. The molecule has 0 fully saturated rings. The third-order valence-corrected chi connectivity index (χ3v) is 16.9. The van der Waals surface area contributed by atoms with Crippen molar-refractivity contribution in [3.05, 3.63) is 8.94 Å². The number of alkyl halides is 3. The summed E-state index contributed by atoms with van der Waals surface area (Å²) in [7, 11) is -3.77.